The average Bonchev–Trinajstić information content (AvgIpc) is 2.35. The second-order valence-corrected chi connectivity index (χ2v) is 4.04. The molecule has 0 aliphatic carbocycles. The molecule has 1 aromatic carbocycles. The van der Waals surface area contributed by atoms with Crippen molar-refractivity contribution in [1.29, 1.82) is 0 Å². The molecule has 2 N–H and O–H groups in total. The summed E-state index contributed by atoms with van der Waals surface area (Å²) in [4.78, 5) is 11.5. The van der Waals surface area contributed by atoms with Gasteiger partial charge in [0.05, 0.1) is 6.54 Å². The van der Waals surface area contributed by atoms with E-state index in [0.29, 0.717) is 0 Å². The van der Waals surface area contributed by atoms with Crippen molar-refractivity contribution in [1.82, 2.24) is 5.32 Å². The van der Waals surface area contributed by atoms with Crippen LogP contribution in [0.25, 0.3) is 0 Å². The smallest absolute Gasteiger partial charge is 0.238 e. The summed E-state index contributed by atoms with van der Waals surface area (Å²) in [6.07, 6.45) is 1.80. The third-order valence-corrected chi connectivity index (χ3v) is 2.76. The maximum atomic E-state index is 13.3. The summed E-state index contributed by atoms with van der Waals surface area (Å²) in [5.74, 6) is -2.00. The van der Waals surface area contributed by atoms with Crippen molar-refractivity contribution in [2.45, 2.75) is 32.7 Å². The summed E-state index contributed by atoms with van der Waals surface area (Å²) >= 11 is 0. The SMILES string of the molecule is CCC(CC)NCC(=O)Nc1c(F)cccc1F. The molecule has 0 aliphatic heterocycles. The first kappa shape index (κ1) is 14.6. The van der Waals surface area contributed by atoms with Crippen molar-refractivity contribution in [2.24, 2.45) is 0 Å². The highest BCUT2D eigenvalue weighted by Crippen LogP contribution is 2.17. The molecule has 1 aromatic rings. The number of carbonyl (C=O) groups excluding carboxylic acids is 1. The Labute approximate surface area is 106 Å². The fraction of sp³-hybridized carbons (Fsp3) is 0.462. The van der Waals surface area contributed by atoms with Gasteiger partial charge in [-0.1, -0.05) is 19.9 Å². The fourth-order valence-electron chi connectivity index (χ4n) is 1.62. The number of nitrogens with one attached hydrogen (secondary N) is 2. The van der Waals surface area contributed by atoms with Crippen LogP contribution >= 0.6 is 0 Å². The van der Waals surface area contributed by atoms with E-state index in [1.807, 2.05) is 13.8 Å². The van der Waals surface area contributed by atoms with Gasteiger partial charge in [-0.05, 0) is 25.0 Å². The molecule has 0 radical (unpaired) electrons. The Morgan fingerprint density at radius 1 is 1.22 bits per heavy atom. The lowest BCUT2D eigenvalue weighted by molar-refractivity contribution is -0.115. The van der Waals surface area contributed by atoms with Crippen molar-refractivity contribution >= 4 is 11.6 Å². The first-order valence-electron chi connectivity index (χ1n) is 6.05. The highest BCUT2D eigenvalue weighted by atomic mass is 19.1. The highest BCUT2D eigenvalue weighted by Gasteiger charge is 2.12. The number of rotatable bonds is 6. The van der Waals surface area contributed by atoms with Crippen LogP contribution < -0.4 is 10.6 Å². The number of halogens is 2. The molecule has 0 heterocycles. The molecule has 0 spiro atoms. The molecule has 0 fully saturated rings. The minimum Gasteiger partial charge on any atom is -0.320 e. The maximum absolute atomic E-state index is 13.3. The molecule has 0 bridgehead atoms. The minimum atomic E-state index is -0.772. The van der Waals surface area contributed by atoms with E-state index in [2.05, 4.69) is 10.6 Å². The molecule has 0 aromatic heterocycles. The molecule has 3 nitrogen and oxygen atoms in total. The molecule has 0 unspecified atom stereocenters. The van der Waals surface area contributed by atoms with Gasteiger partial charge in [0.15, 0.2) is 0 Å². The van der Waals surface area contributed by atoms with Gasteiger partial charge < -0.3 is 10.6 Å². The van der Waals surface area contributed by atoms with Crippen molar-refractivity contribution < 1.29 is 13.6 Å². The number of hydrogen-bond acceptors (Lipinski definition) is 2. The van der Waals surface area contributed by atoms with Crippen LogP contribution in [0.2, 0.25) is 0 Å². The summed E-state index contributed by atoms with van der Waals surface area (Å²) in [6.45, 7) is 4.06. The van der Waals surface area contributed by atoms with Gasteiger partial charge in [-0.15, -0.1) is 0 Å². The van der Waals surface area contributed by atoms with E-state index in [0.717, 1.165) is 25.0 Å². The van der Waals surface area contributed by atoms with Gasteiger partial charge in [0.1, 0.15) is 17.3 Å². The lowest BCUT2D eigenvalue weighted by atomic mass is 10.2. The van der Waals surface area contributed by atoms with Crippen molar-refractivity contribution in [2.75, 3.05) is 11.9 Å². The second kappa shape index (κ2) is 7.06. The number of amides is 1. The van der Waals surface area contributed by atoms with Crippen molar-refractivity contribution in [3.05, 3.63) is 29.8 Å². The number of hydrogen-bond donors (Lipinski definition) is 2. The Hall–Kier alpha value is -1.49. The lowest BCUT2D eigenvalue weighted by Gasteiger charge is -2.14. The van der Waals surface area contributed by atoms with Gasteiger partial charge in [0, 0.05) is 6.04 Å². The number of benzene rings is 1. The molecule has 0 aliphatic rings. The zero-order valence-corrected chi connectivity index (χ0v) is 10.6. The first-order chi connectivity index (χ1) is 8.58. The van der Waals surface area contributed by atoms with Gasteiger partial charge in [-0.2, -0.15) is 0 Å². The van der Waals surface area contributed by atoms with E-state index in [9.17, 15) is 13.6 Å². The summed E-state index contributed by atoms with van der Waals surface area (Å²) in [5, 5.41) is 5.25. The maximum Gasteiger partial charge on any atom is 0.238 e. The van der Waals surface area contributed by atoms with Crippen LogP contribution in [0.15, 0.2) is 18.2 Å². The van der Waals surface area contributed by atoms with Crippen LogP contribution in [0, 0.1) is 11.6 Å². The zero-order chi connectivity index (χ0) is 13.5. The molecule has 0 saturated carbocycles. The Morgan fingerprint density at radius 2 is 1.78 bits per heavy atom. The normalized spacial score (nSPS) is 10.7. The minimum absolute atomic E-state index is 0.0418. The molecule has 100 valence electrons. The predicted molar refractivity (Wildman–Crippen MR) is 67.4 cm³/mol. The average molecular weight is 256 g/mol. The molecular formula is C13H18F2N2O. The monoisotopic (exact) mass is 256 g/mol. The number of carbonyl (C=O) groups is 1. The fourth-order valence-corrected chi connectivity index (χ4v) is 1.62. The Bertz CT molecular complexity index is 386. The van der Waals surface area contributed by atoms with E-state index in [1.165, 1.54) is 6.07 Å². The zero-order valence-electron chi connectivity index (χ0n) is 10.6. The van der Waals surface area contributed by atoms with E-state index < -0.39 is 23.2 Å². The molecule has 18 heavy (non-hydrogen) atoms. The molecule has 0 atom stereocenters. The number of anilines is 1. The van der Waals surface area contributed by atoms with Crippen LogP contribution in [0.5, 0.6) is 0 Å². The Kier molecular flexibility index (Phi) is 5.71. The standard InChI is InChI=1S/C13H18F2N2O/c1-3-9(4-2)16-8-12(18)17-13-10(14)6-5-7-11(13)15/h5-7,9,16H,3-4,8H2,1-2H3,(H,17,18). The van der Waals surface area contributed by atoms with Crippen LogP contribution in [-0.2, 0) is 4.79 Å². The van der Waals surface area contributed by atoms with E-state index >= 15 is 0 Å². The summed E-state index contributed by atoms with van der Waals surface area (Å²) in [6, 6.07) is 3.70. The van der Waals surface area contributed by atoms with E-state index in [-0.39, 0.29) is 12.6 Å². The van der Waals surface area contributed by atoms with Crippen LogP contribution in [0.1, 0.15) is 26.7 Å². The predicted octanol–water partition coefficient (Wildman–Crippen LogP) is 2.68. The molecule has 1 amide bonds. The number of para-hydroxylation sites is 1. The third-order valence-electron chi connectivity index (χ3n) is 2.76. The van der Waals surface area contributed by atoms with Crippen LogP contribution in [0.3, 0.4) is 0 Å². The molecule has 5 heteroatoms. The summed E-state index contributed by atoms with van der Waals surface area (Å²) < 4.78 is 26.5. The van der Waals surface area contributed by atoms with E-state index in [4.69, 9.17) is 0 Å². The largest absolute Gasteiger partial charge is 0.320 e. The highest BCUT2D eigenvalue weighted by molar-refractivity contribution is 5.92. The van der Waals surface area contributed by atoms with Gasteiger partial charge >= 0.3 is 0 Å². The third kappa shape index (κ3) is 4.07. The molecule has 0 saturated heterocycles. The van der Waals surface area contributed by atoms with Crippen molar-refractivity contribution in [3.8, 4) is 0 Å². The molecule has 1 rings (SSSR count). The van der Waals surface area contributed by atoms with Crippen molar-refractivity contribution in [3.63, 3.8) is 0 Å². The van der Waals surface area contributed by atoms with Crippen LogP contribution in [0.4, 0.5) is 14.5 Å². The molecular weight excluding hydrogens is 238 g/mol. The van der Waals surface area contributed by atoms with Gasteiger partial charge in [-0.25, -0.2) is 8.78 Å². The second-order valence-electron chi connectivity index (χ2n) is 4.04. The van der Waals surface area contributed by atoms with E-state index in [1.54, 1.807) is 0 Å². The Morgan fingerprint density at radius 3 is 2.28 bits per heavy atom. The lowest BCUT2D eigenvalue weighted by Crippen LogP contribution is -2.35. The summed E-state index contributed by atoms with van der Waals surface area (Å²) in [5.41, 5.74) is -0.395. The summed E-state index contributed by atoms with van der Waals surface area (Å²) in [7, 11) is 0. The van der Waals surface area contributed by atoms with Gasteiger partial charge in [0.25, 0.3) is 0 Å². The quantitative estimate of drug-likeness (QED) is 0.821. The Balaban J connectivity index is 2.55. The topological polar surface area (TPSA) is 41.1 Å². The first-order valence-corrected chi connectivity index (χ1v) is 6.05. The van der Waals surface area contributed by atoms with Gasteiger partial charge in [-0.3, -0.25) is 4.79 Å². The van der Waals surface area contributed by atoms with Gasteiger partial charge in [0.2, 0.25) is 5.91 Å². The van der Waals surface area contributed by atoms with Crippen LogP contribution in [-0.4, -0.2) is 18.5 Å².